The van der Waals surface area contributed by atoms with Gasteiger partial charge in [0, 0.05) is 13.1 Å². The Balaban J connectivity index is 2.33. The van der Waals surface area contributed by atoms with Crippen LogP contribution in [0.25, 0.3) is 0 Å². The maximum Gasteiger partial charge on any atom is 0.101 e. The fourth-order valence-corrected chi connectivity index (χ4v) is 2.50. The highest BCUT2D eigenvalue weighted by Crippen LogP contribution is 2.27. The van der Waals surface area contributed by atoms with Crippen LogP contribution in [-0.2, 0) is 4.74 Å². The van der Waals surface area contributed by atoms with E-state index in [1.54, 1.807) is 0 Å². The summed E-state index contributed by atoms with van der Waals surface area (Å²) in [6, 6.07) is 7.96. The quantitative estimate of drug-likeness (QED) is 0.858. The van der Waals surface area contributed by atoms with Crippen LogP contribution in [0.15, 0.2) is 18.2 Å². The van der Waals surface area contributed by atoms with Crippen molar-refractivity contribution in [1.82, 2.24) is 0 Å². The first kappa shape index (κ1) is 12.9. The molecule has 0 aliphatic carbocycles. The lowest BCUT2D eigenvalue weighted by Crippen LogP contribution is -2.48. The molecule has 0 bridgehead atoms. The number of aliphatic hydroxyl groups excluding tert-OH is 1. The Morgan fingerprint density at radius 1 is 1.50 bits per heavy atom. The first-order valence-electron chi connectivity index (χ1n) is 6.16. The molecule has 1 N–H and O–H groups in total. The number of anilines is 1. The van der Waals surface area contributed by atoms with E-state index in [-0.39, 0.29) is 18.8 Å². The van der Waals surface area contributed by atoms with E-state index in [0.29, 0.717) is 12.1 Å². The Kier molecular flexibility index (Phi) is 3.85. The van der Waals surface area contributed by atoms with E-state index in [0.717, 1.165) is 17.8 Å². The predicted octanol–water partition coefficient (Wildman–Crippen LogP) is 1.45. The summed E-state index contributed by atoms with van der Waals surface area (Å²) in [6.45, 7) is 5.37. The van der Waals surface area contributed by atoms with Crippen molar-refractivity contribution in [2.75, 3.05) is 24.6 Å². The molecular weight excluding hydrogens is 228 g/mol. The largest absolute Gasteiger partial charge is 0.394 e. The number of aryl methyl sites for hydroxylation is 1. The van der Waals surface area contributed by atoms with Gasteiger partial charge in [-0.15, -0.1) is 0 Å². The first-order valence-corrected chi connectivity index (χ1v) is 6.16. The summed E-state index contributed by atoms with van der Waals surface area (Å²) < 4.78 is 5.63. The van der Waals surface area contributed by atoms with Crippen molar-refractivity contribution in [1.29, 1.82) is 5.26 Å². The van der Waals surface area contributed by atoms with Crippen molar-refractivity contribution >= 4 is 5.69 Å². The van der Waals surface area contributed by atoms with E-state index >= 15 is 0 Å². The van der Waals surface area contributed by atoms with Crippen molar-refractivity contribution in [2.45, 2.75) is 26.1 Å². The summed E-state index contributed by atoms with van der Waals surface area (Å²) in [5, 5.41) is 18.5. The molecule has 1 heterocycles. The predicted molar refractivity (Wildman–Crippen MR) is 69.5 cm³/mol. The summed E-state index contributed by atoms with van der Waals surface area (Å²) in [6.07, 6.45) is -0.123. The van der Waals surface area contributed by atoms with Gasteiger partial charge in [-0.25, -0.2) is 0 Å². The summed E-state index contributed by atoms with van der Waals surface area (Å²) in [5.74, 6) is 0. The molecule has 1 saturated heterocycles. The van der Waals surface area contributed by atoms with Crippen LogP contribution >= 0.6 is 0 Å². The molecule has 4 nitrogen and oxygen atoms in total. The minimum absolute atomic E-state index is 0.00854. The number of nitrogens with zero attached hydrogens (tertiary/aromatic N) is 2. The Bertz CT molecular complexity index is 467. The van der Waals surface area contributed by atoms with Crippen LogP contribution in [0.1, 0.15) is 18.1 Å². The molecule has 1 aromatic rings. The molecule has 2 rings (SSSR count). The molecule has 96 valence electrons. The standard InChI is InChI=1S/C14H18N2O2/c1-10-4-3-5-12(6-15)14(10)16-7-11(2)18-13(8-16)9-17/h3-5,11,13,17H,7-9H2,1-2H3. The highest BCUT2D eigenvalue weighted by molar-refractivity contribution is 5.64. The number of hydrogen-bond donors (Lipinski definition) is 1. The van der Waals surface area contributed by atoms with E-state index in [1.165, 1.54) is 0 Å². The molecule has 1 fully saturated rings. The van der Waals surface area contributed by atoms with Crippen LogP contribution < -0.4 is 4.90 Å². The molecule has 2 atom stereocenters. The van der Waals surface area contributed by atoms with Crippen molar-refractivity contribution in [3.8, 4) is 6.07 Å². The second-order valence-corrected chi connectivity index (χ2v) is 4.74. The molecule has 0 amide bonds. The molecular formula is C14H18N2O2. The minimum Gasteiger partial charge on any atom is -0.394 e. The average Bonchev–Trinajstić information content (AvgIpc) is 2.37. The van der Waals surface area contributed by atoms with E-state index < -0.39 is 0 Å². The molecule has 1 aromatic carbocycles. The summed E-state index contributed by atoms with van der Waals surface area (Å²) in [7, 11) is 0. The van der Waals surface area contributed by atoms with Crippen molar-refractivity contribution in [3.63, 3.8) is 0 Å². The molecule has 4 heteroatoms. The Labute approximate surface area is 107 Å². The first-order chi connectivity index (χ1) is 8.65. The highest BCUT2D eigenvalue weighted by atomic mass is 16.5. The lowest BCUT2D eigenvalue weighted by atomic mass is 10.1. The second kappa shape index (κ2) is 5.38. The monoisotopic (exact) mass is 246 g/mol. The van der Waals surface area contributed by atoms with Crippen LogP contribution in [0.4, 0.5) is 5.69 Å². The molecule has 0 spiro atoms. The Morgan fingerprint density at radius 2 is 2.28 bits per heavy atom. The van der Waals surface area contributed by atoms with Crippen molar-refractivity contribution in [2.24, 2.45) is 0 Å². The van der Waals surface area contributed by atoms with Crippen molar-refractivity contribution < 1.29 is 9.84 Å². The van der Waals surface area contributed by atoms with Crippen LogP contribution in [-0.4, -0.2) is 37.0 Å². The van der Waals surface area contributed by atoms with E-state index in [9.17, 15) is 10.4 Å². The van der Waals surface area contributed by atoms with E-state index in [1.807, 2.05) is 32.0 Å². The highest BCUT2D eigenvalue weighted by Gasteiger charge is 2.26. The van der Waals surface area contributed by atoms with Gasteiger partial charge in [0.15, 0.2) is 0 Å². The number of benzene rings is 1. The van der Waals surface area contributed by atoms with Crippen LogP contribution in [0.5, 0.6) is 0 Å². The summed E-state index contributed by atoms with van der Waals surface area (Å²) in [4.78, 5) is 2.14. The fraction of sp³-hybridized carbons (Fsp3) is 0.500. The topological polar surface area (TPSA) is 56.5 Å². The number of aliphatic hydroxyl groups is 1. The third-order valence-electron chi connectivity index (χ3n) is 3.20. The van der Waals surface area contributed by atoms with Gasteiger partial charge in [0.25, 0.3) is 0 Å². The Hall–Kier alpha value is -1.57. The molecule has 1 aliphatic rings. The van der Waals surface area contributed by atoms with Gasteiger partial charge in [-0.2, -0.15) is 5.26 Å². The molecule has 0 saturated carbocycles. The van der Waals surface area contributed by atoms with Gasteiger partial charge in [0.1, 0.15) is 6.07 Å². The normalized spacial score (nSPS) is 23.8. The smallest absolute Gasteiger partial charge is 0.101 e. The maximum absolute atomic E-state index is 9.25. The van der Waals surface area contributed by atoms with Gasteiger partial charge < -0.3 is 14.7 Å². The zero-order valence-electron chi connectivity index (χ0n) is 10.8. The molecule has 18 heavy (non-hydrogen) atoms. The van der Waals surface area contributed by atoms with Crippen molar-refractivity contribution in [3.05, 3.63) is 29.3 Å². The number of morpholine rings is 1. The Morgan fingerprint density at radius 3 is 2.94 bits per heavy atom. The fourth-order valence-electron chi connectivity index (χ4n) is 2.50. The third-order valence-corrected chi connectivity index (χ3v) is 3.20. The number of para-hydroxylation sites is 1. The van der Waals surface area contributed by atoms with Crippen LogP contribution in [0.3, 0.4) is 0 Å². The minimum atomic E-state index is -0.181. The van der Waals surface area contributed by atoms with Crippen LogP contribution in [0, 0.1) is 18.3 Å². The van der Waals surface area contributed by atoms with E-state index in [2.05, 4.69) is 11.0 Å². The lowest BCUT2D eigenvalue weighted by molar-refractivity contribution is -0.0421. The van der Waals surface area contributed by atoms with Gasteiger partial charge in [-0.3, -0.25) is 0 Å². The number of nitriles is 1. The van der Waals surface area contributed by atoms with Gasteiger partial charge in [-0.05, 0) is 25.5 Å². The zero-order valence-corrected chi connectivity index (χ0v) is 10.8. The summed E-state index contributed by atoms with van der Waals surface area (Å²) in [5.41, 5.74) is 2.73. The summed E-state index contributed by atoms with van der Waals surface area (Å²) >= 11 is 0. The second-order valence-electron chi connectivity index (χ2n) is 4.74. The number of rotatable bonds is 2. The molecule has 2 unspecified atom stereocenters. The lowest BCUT2D eigenvalue weighted by Gasteiger charge is -2.38. The molecule has 0 radical (unpaired) electrons. The van der Waals surface area contributed by atoms with Gasteiger partial charge >= 0.3 is 0 Å². The average molecular weight is 246 g/mol. The van der Waals surface area contributed by atoms with E-state index in [4.69, 9.17) is 4.74 Å². The van der Waals surface area contributed by atoms with Gasteiger partial charge in [-0.1, -0.05) is 12.1 Å². The maximum atomic E-state index is 9.25. The number of ether oxygens (including phenoxy) is 1. The third kappa shape index (κ3) is 2.47. The van der Waals surface area contributed by atoms with Gasteiger partial charge in [0.05, 0.1) is 30.1 Å². The molecule has 0 aromatic heterocycles. The van der Waals surface area contributed by atoms with Crippen LogP contribution in [0.2, 0.25) is 0 Å². The zero-order chi connectivity index (χ0) is 13.1. The SMILES string of the molecule is Cc1cccc(C#N)c1N1CC(C)OC(CO)C1. The molecule has 1 aliphatic heterocycles. The number of hydrogen-bond acceptors (Lipinski definition) is 4. The van der Waals surface area contributed by atoms with Gasteiger partial charge in [0.2, 0.25) is 0 Å².